The van der Waals surface area contributed by atoms with Gasteiger partial charge in [0.1, 0.15) is 11.2 Å². The second-order valence-corrected chi connectivity index (χ2v) is 11.7. The Balaban J connectivity index is 1.43. The quantitative estimate of drug-likeness (QED) is 0.186. The Hall–Kier alpha value is -6.85. The molecular formula is C45H28N4O. The van der Waals surface area contributed by atoms with E-state index in [1.165, 1.54) is 16.7 Å². The van der Waals surface area contributed by atoms with Gasteiger partial charge in [-0.15, -0.1) is 0 Å². The lowest BCUT2D eigenvalue weighted by Crippen LogP contribution is -2.04. The minimum absolute atomic E-state index is 0.0125. The fourth-order valence-corrected chi connectivity index (χ4v) is 6.46. The van der Waals surface area contributed by atoms with Gasteiger partial charge < -0.3 is 8.98 Å². The molecule has 7 aromatic carbocycles. The monoisotopic (exact) mass is 649 g/mol. The van der Waals surface area contributed by atoms with E-state index in [-0.39, 0.29) is 110 Å². The molecule has 0 aliphatic carbocycles. The van der Waals surface area contributed by atoms with Gasteiger partial charge >= 0.3 is 0 Å². The van der Waals surface area contributed by atoms with E-state index in [4.69, 9.17) is 24.9 Å². The van der Waals surface area contributed by atoms with Gasteiger partial charge in [0.05, 0.1) is 29.1 Å². The number of hydrogen-bond donors (Lipinski definition) is 0. The Morgan fingerprint density at radius 2 is 1.06 bits per heavy atom. The van der Waals surface area contributed by atoms with Crippen LogP contribution in [0.4, 0.5) is 0 Å². The summed E-state index contributed by atoms with van der Waals surface area (Å²) in [4.78, 5) is 14.6. The molecule has 0 amide bonds. The highest BCUT2D eigenvalue weighted by atomic mass is 16.3. The average Bonchev–Trinajstić information content (AvgIpc) is 3.82. The topological polar surface area (TPSA) is 56.7 Å². The Kier molecular flexibility index (Phi) is 4.67. The van der Waals surface area contributed by atoms with E-state index in [0.29, 0.717) is 27.9 Å². The molecule has 3 heterocycles. The van der Waals surface area contributed by atoms with Gasteiger partial charge in [0.2, 0.25) is 0 Å². The van der Waals surface area contributed by atoms with Crippen molar-refractivity contribution in [3.05, 3.63) is 170 Å². The maximum Gasteiger partial charge on any atom is 0.166 e. The van der Waals surface area contributed by atoms with Crippen molar-refractivity contribution in [2.24, 2.45) is 0 Å². The van der Waals surface area contributed by atoms with Crippen molar-refractivity contribution in [3.63, 3.8) is 0 Å². The standard InChI is InChI=1S/C45H28N4O/c1-3-14-29(15-4-1)43-46-44(30-16-5-2-6-17-30)48-45(47-43)37-27-26-31(32-21-13-22-36-35-20-9-12-25-41(35)50-42(32)36)28-40(37)49-38-23-10-7-18-33(38)34-19-8-11-24-39(34)49/h1-28H/i7D,8D,18D,19D,23D,24D,26D,27D,28D. The predicted octanol–water partition coefficient (Wildman–Crippen LogP) is 11.5. The van der Waals surface area contributed by atoms with E-state index in [1.54, 1.807) is 12.1 Å². The highest BCUT2D eigenvalue weighted by Gasteiger charge is 2.21. The van der Waals surface area contributed by atoms with Crippen LogP contribution in [0, 0.1) is 0 Å². The van der Waals surface area contributed by atoms with E-state index in [0.717, 1.165) is 10.8 Å². The molecule has 0 atom stereocenters. The largest absolute Gasteiger partial charge is 0.455 e. The highest BCUT2D eigenvalue weighted by Crippen LogP contribution is 2.41. The van der Waals surface area contributed by atoms with E-state index < -0.39 is 0 Å². The maximum atomic E-state index is 10.2. The molecule has 234 valence electrons. The Morgan fingerprint density at radius 3 is 1.74 bits per heavy atom. The zero-order valence-electron chi connectivity index (χ0n) is 35.2. The SMILES string of the molecule is [2H]c1cc([2H])c2c(c1[2H])c1c([2H])c([2H])cc([2H])c1n2-c1c([2H])c(-c2cccc3c2oc2ccccc23)c([2H])c([2H])c1-c1nc(-c2ccccc2)nc(-c2ccccc2)n1. The first-order chi connectivity index (χ1) is 28.5. The molecule has 10 aromatic rings. The van der Waals surface area contributed by atoms with Crippen molar-refractivity contribution in [3.8, 4) is 51.0 Å². The molecule has 0 saturated carbocycles. The molecule has 3 aromatic heterocycles. The summed E-state index contributed by atoms with van der Waals surface area (Å²) in [5.41, 5.74) is 2.36. The lowest BCUT2D eigenvalue weighted by molar-refractivity contribution is 0.670. The van der Waals surface area contributed by atoms with Crippen molar-refractivity contribution in [1.29, 1.82) is 0 Å². The summed E-state index contributed by atoms with van der Waals surface area (Å²) in [7, 11) is 0. The summed E-state index contributed by atoms with van der Waals surface area (Å²) in [5, 5.41) is 1.50. The molecule has 0 fully saturated rings. The highest BCUT2D eigenvalue weighted by molar-refractivity contribution is 6.11. The van der Waals surface area contributed by atoms with Gasteiger partial charge in [-0.1, -0.05) is 139 Å². The molecular weight excluding hydrogens is 613 g/mol. The van der Waals surface area contributed by atoms with Crippen LogP contribution in [0.3, 0.4) is 0 Å². The van der Waals surface area contributed by atoms with Crippen LogP contribution in [-0.4, -0.2) is 19.5 Å². The van der Waals surface area contributed by atoms with Gasteiger partial charge in [-0.25, -0.2) is 15.0 Å². The van der Waals surface area contributed by atoms with Crippen LogP contribution in [-0.2, 0) is 0 Å². The molecule has 5 heteroatoms. The summed E-state index contributed by atoms with van der Waals surface area (Å²) >= 11 is 0. The summed E-state index contributed by atoms with van der Waals surface area (Å²) in [6, 6.07) is 30.8. The fourth-order valence-electron chi connectivity index (χ4n) is 6.46. The van der Waals surface area contributed by atoms with Crippen LogP contribution in [0.5, 0.6) is 0 Å². The Morgan fingerprint density at radius 1 is 0.460 bits per heavy atom. The zero-order valence-corrected chi connectivity index (χ0v) is 26.2. The molecule has 0 saturated heterocycles. The number of rotatable bonds is 5. The van der Waals surface area contributed by atoms with Gasteiger partial charge in [-0.05, 0) is 35.8 Å². The average molecular weight is 650 g/mol. The first kappa shape index (κ1) is 20.5. The first-order valence-electron chi connectivity index (χ1n) is 20.5. The second-order valence-electron chi connectivity index (χ2n) is 11.7. The lowest BCUT2D eigenvalue weighted by atomic mass is 9.99. The molecule has 50 heavy (non-hydrogen) atoms. The molecule has 0 N–H and O–H groups in total. The van der Waals surface area contributed by atoms with E-state index in [1.807, 2.05) is 91.0 Å². The fraction of sp³-hybridized carbons (Fsp3) is 0. The van der Waals surface area contributed by atoms with Crippen molar-refractivity contribution < 1.29 is 16.8 Å². The minimum atomic E-state index is -0.386. The van der Waals surface area contributed by atoms with Crippen LogP contribution in [0.15, 0.2) is 174 Å². The number of benzene rings is 7. The molecule has 5 nitrogen and oxygen atoms in total. The van der Waals surface area contributed by atoms with Gasteiger partial charge in [-0.3, -0.25) is 0 Å². The Labute approximate surface area is 300 Å². The first-order valence-corrected chi connectivity index (χ1v) is 16.0. The molecule has 0 aliphatic rings. The van der Waals surface area contributed by atoms with E-state index in [9.17, 15) is 6.85 Å². The molecule has 0 aliphatic heterocycles. The zero-order chi connectivity index (χ0) is 40.9. The third-order valence-corrected chi connectivity index (χ3v) is 8.74. The predicted molar refractivity (Wildman–Crippen MR) is 203 cm³/mol. The van der Waals surface area contributed by atoms with Crippen molar-refractivity contribution >= 4 is 43.7 Å². The summed E-state index contributed by atoms with van der Waals surface area (Å²) in [6.45, 7) is 0. The Bertz CT molecular complexity index is 3260. The number of fused-ring (bicyclic) bond motifs is 6. The van der Waals surface area contributed by atoms with Crippen LogP contribution in [0.2, 0.25) is 0 Å². The third kappa shape index (κ3) is 4.52. The smallest absolute Gasteiger partial charge is 0.166 e. The third-order valence-electron chi connectivity index (χ3n) is 8.74. The van der Waals surface area contributed by atoms with Gasteiger partial charge in [0.25, 0.3) is 0 Å². The van der Waals surface area contributed by atoms with Crippen LogP contribution in [0.1, 0.15) is 12.3 Å². The van der Waals surface area contributed by atoms with Crippen LogP contribution < -0.4 is 0 Å². The van der Waals surface area contributed by atoms with Gasteiger partial charge in [-0.2, -0.15) is 0 Å². The van der Waals surface area contributed by atoms with Gasteiger partial charge in [0, 0.05) is 43.8 Å². The molecule has 10 rings (SSSR count). The number of hydrogen-bond acceptors (Lipinski definition) is 4. The van der Waals surface area contributed by atoms with Gasteiger partial charge in [0.15, 0.2) is 17.5 Å². The van der Waals surface area contributed by atoms with Crippen molar-refractivity contribution in [1.82, 2.24) is 19.5 Å². The van der Waals surface area contributed by atoms with Crippen LogP contribution >= 0.6 is 0 Å². The summed E-state index contributed by atoms with van der Waals surface area (Å²) < 4.78 is 91.2. The number of furan rings is 1. The van der Waals surface area contributed by atoms with E-state index >= 15 is 0 Å². The lowest BCUT2D eigenvalue weighted by Gasteiger charge is -2.16. The molecule has 0 spiro atoms. The minimum Gasteiger partial charge on any atom is -0.455 e. The summed E-state index contributed by atoms with van der Waals surface area (Å²) in [6.07, 6.45) is 0. The van der Waals surface area contributed by atoms with E-state index in [2.05, 4.69) is 0 Å². The maximum absolute atomic E-state index is 10.2. The van der Waals surface area contributed by atoms with Crippen molar-refractivity contribution in [2.45, 2.75) is 0 Å². The summed E-state index contributed by atoms with van der Waals surface area (Å²) in [5.74, 6) is 0.420. The normalized spacial score (nSPS) is 14.1. The van der Waals surface area contributed by atoms with Crippen LogP contribution in [0.25, 0.3) is 94.7 Å². The molecule has 0 bridgehead atoms. The molecule has 0 unspecified atom stereocenters. The number of nitrogens with zero attached hydrogens (tertiary/aromatic N) is 4. The second kappa shape index (κ2) is 11.4. The van der Waals surface area contributed by atoms with Crippen molar-refractivity contribution in [2.75, 3.05) is 0 Å². The number of aromatic nitrogens is 4. The number of para-hydroxylation sites is 4. The molecule has 0 radical (unpaired) electrons.